The normalized spacial score (nSPS) is 12.3. The second-order valence-electron chi connectivity index (χ2n) is 12.0. The lowest BCUT2D eigenvalue weighted by atomic mass is 9.98. The Kier molecular flexibility index (Phi) is 5.13. The highest BCUT2D eigenvalue weighted by Gasteiger charge is 2.23. The van der Waals surface area contributed by atoms with E-state index >= 15 is 0 Å². The van der Waals surface area contributed by atoms with Crippen LogP contribution in [0.15, 0.2) is 132 Å². The zero-order chi connectivity index (χ0) is 28.7. The fourth-order valence-corrected chi connectivity index (χ4v) is 7.03. The lowest BCUT2D eigenvalue weighted by Crippen LogP contribution is -2.12. The first-order chi connectivity index (χ1) is 21.1. The minimum Gasteiger partial charge on any atom is -0.454 e. The van der Waals surface area contributed by atoms with Crippen molar-refractivity contribution in [1.29, 1.82) is 0 Å². The molecular weight excluding hydrogens is 522 g/mol. The van der Waals surface area contributed by atoms with Crippen LogP contribution in [0.2, 0.25) is 0 Å². The molecule has 7 aromatic carbocycles. The van der Waals surface area contributed by atoms with E-state index in [1.54, 1.807) is 0 Å². The minimum atomic E-state index is 0.904. The molecule has 9 rings (SSSR count). The highest BCUT2D eigenvalue weighted by Crippen LogP contribution is 2.45. The molecule has 2 nitrogen and oxygen atoms in total. The molecule has 0 fully saturated rings. The van der Waals surface area contributed by atoms with Crippen LogP contribution < -0.4 is 4.90 Å². The second-order valence-corrected chi connectivity index (χ2v) is 12.0. The third-order valence-corrected chi connectivity index (χ3v) is 9.18. The first-order valence-corrected chi connectivity index (χ1v) is 15.0. The molecule has 0 N–H and O–H groups in total. The van der Waals surface area contributed by atoms with Crippen molar-refractivity contribution in [3.8, 4) is 11.1 Å². The first kappa shape index (κ1) is 24.3. The van der Waals surface area contributed by atoms with Crippen molar-refractivity contribution in [2.24, 2.45) is 0 Å². The van der Waals surface area contributed by atoms with E-state index in [-0.39, 0.29) is 0 Å². The van der Waals surface area contributed by atoms with E-state index in [0.29, 0.717) is 0 Å². The average Bonchev–Trinajstić information content (AvgIpc) is 3.58. The van der Waals surface area contributed by atoms with Gasteiger partial charge in [-0.15, -0.1) is 0 Å². The molecule has 0 amide bonds. The summed E-state index contributed by atoms with van der Waals surface area (Å²) < 4.78 is 6.55. The number of para-hydroxylation sites is 2. The molecule has 0 bridgehead atoms. The summed E-state index contributed by atoms with van der Waals surface area (Å²) in [6.07, 6.45) is 0.967. The van der Waals surface area contributed by atoms with Crippen LogP contribution in [0, 0.1) is 13.8 Å². The van der Waals surface area contributed by atoms with Gasteiger partial charge in [0.15, 0.2) is 5.58 Å². The van der Waals surface area contributed by atoms with Gasteiger partial charge in [-0.2, -0.15) is 0 Å². The highest BCUT2D eigenvalue weighted by molar-refractivity contribution is 6.10. The Morgan fingerprint density at radius 3 is 2.07 bits per heavy atom. The topological polar surface area (TPSA) is 16.4 Å². The van der Waals surface area contributed by atoms with Crippen molar-refractivity contribution in [1.82, 2.24) is 0 Å². The van der Waals surface area contributed by atoms with E-state index in [4.69, 9.17) is 4.42 Å². The molecule has 0 radical (unpaired) electrons. The summed E-state index contributed by atoms with van der Waals surface area (Å²) in [5, 5.41) is 7.39. The van der Waals surface area contributed by atoms with E-state index in [1.165, 1.54) is 54.9 Å². The second kappa shape index (κ2) is 9.08. The van der Waals surface area contributed by atoms with E-state index in [9.17, 15) is 0 Å². The Labute approximate surface area is 250 Å². The van der Waals surface area contributed by atoms with Gasteiger partial charge in [0.1, 0.15) is 5.58 Å². The van der Waals surface area contributed by atoms with Crippen LogP contribution in [0.3, 0.4) is 0 Å². The molecule has 0 saturated carbocycles. The summed E-state index contributed by atoms with van der Waals surface area (Å²) >= 11 is 0. The number of hydrogen-bond acceptors (Lipinski definition) is 2. The SMILES string of the molecule is Cc1ccc(C)c(N(c2ccc3cc4c(cc3c2)Cc2cc3ccccc3cc2-4)c2cccc3c2oc2ccccc23)c1. The van der Waals surface area contributed by atoms with E-state index in [0.717, 1.165) is 45.4 Å². The van der Waals surface area contributed by atoms with Crippen molar-refractivity contribution in [2.75, 3.05) is 4.90 Å². The summed E-state index contributed by atoms with van der Waals surface area (Å²) in [5.41, 5.74) is 13.1. The molecule has 1 aliphatic rings. The van der Waals surface area contributed by atoms with Crippen molar-refractivity contribution in [3.05, 3.63) is 150 Å². The Balaban J connectivity index is 1.25. The lowest BCUT2D eigenvalue weighted by Gasteiger charge is -2.28. The zero-order valence-electron chi connectivity index (χ0n) is 24.2. The lowest BCUT2D eigenvalue weighted by molar-refractivity contribution is 0.669. The van der Waals surface area contributed by atoms with E-state index in [1.807, 2.05) is 6.07 Å². The van der Waals surface area contributed by atoms with Crippen LogP contribution in [0.5, 0.6) is 0 Å². The van der Waals surface area contributed by atoms with Crippen LogP contribution in [-0.4, -0.2) is 0 Å². The quantitative estimate of drug-likeness (QED) is 0.217. The third-order valence-electron chi connectivity index (χ3n) is 9.18. The van der Waals surface area contributed by atoms with Gasteiger partial charge in [-0.3, -0.25) is 0 Å². The molecule has 0 saturated heterocycles. The van der Waals surface area contributed by atoms with Gasteiger partial charge < -0.3 is 9.32 Å². The number of fused-ring (bicyclic) bond motifs is 8. The molecule has 0 aliphatic heterocycles. The molecule has 0 atom stereocenters. The Hall–Kier alpha value is -5.34. The van der Waals surface area contributed by atoms with Gasteiger partial charge in [-0.1, -0.05) is 84.9 Å². The Bertz CT molecular complexity index is 2410. The Morgan fingerprint density at radius 2 is 1.23 bits per heavy atom. The van der Waals surface area contributed by atoms with Crippen LogP contribution in [0.1, 0.15) is 22.3 Å². The van der Waals surface area contributed by atoms with Gasteiger partial charge in [0.05, 0.1) is 5.69 Å². The number of rotatable bonds is 3. The van der Waals surface area contributed by atoms with Gasteiger partial charge in [-0.25, -0.2) is 0 Å². The van der Waals surface area contributed by atoms with Gasteiger partial charge in [0.25, 0.3) is 0 Å². The predicted octanol–water partition coefficient (Wildman–Crippen LogP) is 11.6. The fourth-order valence-electron chi connectivity index (χ4n) is 7.03. The summed E-state index contributed by atoms with van der Waals surface area (Å²) in [4.78, 5) is 2.38. The number of furan rings is 1. The van der Waals surface area contributed by atoms with Gasteiger partial charge in [-0.05, 0) is 118 Å². The number of nitrogens with zero attached hydrogens (tertiary/aromatic N) is 1. The van der Waals surface area contributed by atoms with Crippen molar-refractivity contribution in [2.45, 2.75) is 20.3 Å². The average molecular weight is 552 g/mol. The van der Waals surface area contributed by atoms with Crippen molar-refractivity contribution in [3.63, 3.8) is 0 Å². The maximum Gasteiger partial charge on any atom is 0.159 e. The molecule has 43 heavy (non-hydrogen) atoms. The molecule has 0 unspecified atom stereocenters. The minimum absolute atomic E-state index is 0.904. The van der Waals surface area contributed by atoms with Gasteiger partial charge in [0.2, 0.25) is 0 Å². The van der Waals surface area contributed by atoms with E-state index < -0.39 is 0 Å². The highest BCUT2D eigenvalue weighted by atomic mass is 16.3. The smallest absolute Gasteiger partial charge is 0.159 e. The molecule has 1 heterocycles. The van der Waals surface area contributed by atoms with Gasteiger partial charge in [0, 0.05) is 22.1 Å². The number of hydrogen-bond donors (Lipinski definition) is 0. The standard InChI is InChI=1S/C41H29NO/c1-25-14-15-26(2)39(18-25)42(38-12-7-11-35-34-10-5-6-13-40(34)43-41(35)38)33-17-16-29-24-37-32(20-30(29)22-33)21-31-19-27-8-3-4-9-28(27)23-36(31)37/h3-20,22-24H,21H2,1-2H3. The fraction of sp³-hybridized carbons (Fsp3) is 0.0732. The molecule has 1 aliphatic carbocycles. The number of benzene rings is 7. The predicted molar refractivity (Wildman–Crippen MR) is 181 cm³/mol. The van der Waals surface area contributed by atoms with Crippen LogP contribution in [0.4, 0.5) is 17.1 Å². The summed E-state index contributed by atoms with van der Waals surface area (Å²) in [7, 11) is 0. The summed E-state index contributed by atoms with van der Waals surface area (Å²) in [6.45, 7) is 4.35. The largest absolute Gasteiger partial charge is 0.454 e. The van der Waals surface area contributed by atoms with Crippen molar-refractivity contribution < 1.29 is 4.42 Å². The number of anilines is 3. The van der Waals surface area contributed by atoms with Gasteiger partial charge >= 0.3 is 0 Å². The van der Waals surface area contributed by atoms with Crippen LogP contribution >= 0.6 is 0 Å². The monoisotopic (exact) mass is 551 g/mol. The van der Waals surface area contributed by atoms with Crippen LogP contribution in [0.25, 0.3) is 54.6 Å². The first-order valence-electron chi connectivity index (χ1n) is 15.0. The Morgan fingerprint density at radius 1 is 0.535 bits per heavy atom. The maximum absolute atomic E-state index is 6.55. The molecule has 2 heteroatoms. The van der Waals surface area contributed by atoms with E-state index in [2.05, 4.69) is 140 Å². The maximum atomic E-state index is 6.55. The molecule has 0 spiro atoms. The summed E-state index contributed by atoms with van der Waals surface area (Å²) in [5.74, 6) is 0. The number of aryl methyl sites for hydroxylation is 2. The molecule has 8 aromatic rings. The van der Waals surface area contributed by atoms with Crippen LogP contribution in [-0.2, 0) is 6.42 Å². The molecule has 1 aromatic heterocycles. The zero-order valence-corrected chi connectivity index (χ0v) is 24.2. The van der Waals surface area contributed by atoms with Crippen molar-refractivity contribution >= 4 is 60.5 Å². The summed E-state index contributed by atoms with van der Waals surface area (Å²) in [6, 6.07) is 46.6. The molecule has 204 valence electrons. The third kappa shape index (κ3) is 3.73. The molecular formula is C41H29NO.